The van der Waals surface area contributed by atoms with Crippen molar-refractivity contribution >= 4 is 23.5 Å². The minimum atomic E-state index is -0.0633. The molecule has 1 aromatic carbocycles. The van der Waals surface area contributed by atoms with E-state index in [9.17, 15) is 0 Å². The average Bonchev–Trinajstić information content (AvgIpc) is 2.40. The van der Waals surface area contributed by atoms with Crippen LogP contribution in [0.2, 0.25) is 5.02 Å². The average molecular weight is 294 g/mol. The Labute approximate surface area is 124 Å². The Hall–Kier alpha value is -1.75. The lowest BCUT2D eigenvalue weighted by Crippen LogP contribution is -2.49. The number of hydrogen-bond acceptors (Lipinski definition) is 5. The second kappa shape index (κ2) is 6.61. The zero-order valence-corrected chi connectivity index (χ0v) is 12.8. The number of nitrogens with one attached hydrogen (secondary N) is 2. The lowest BCUT2D eigenvalue weighted by molar-refractivity contribution is 0.578. The molecule has 6 heteroatoms. The van der Waals surface area contributed by atoms with E-state index in [0.717, 1.165) is 29.9 Å². The molecule has 0 aliphatic carbocycles. The van der Waals surface area contributed by atoms with E-state index in [-0.39, 0.29) is 6.17 Å². The number of aliphatic imine (C=N–C) groups is 2. The van der Waals surface area contributed by atoms with Crippen LogP contribution in [-0.4, -0.2) is 43.6 Å². The summed E-state index contributed by atoms with van der Waals surface area (Å²) >= 11 is 5.87. The molecule has 2 N–H and O–H groups in total. The Morgan fingerprint density at radius 2 is 1.95 bits per heavy atom. The summed E-state index contributed by atoms with van der Waals surface area (Å²) in [6.07, 6.45) is 0.854. The van der Waals surface area contributed by atoms with Crippen LogP contribution in [0.15, 0.2) is 34.3 Å². The molecular weight excluding hydrogens is 274 g/mol. The van der Waals surface area contributed by atoms with Gasteiger partial charge in [-0.05, 0) is 31.0 Å². The van der Waals surface area contributed by atoms with Crippen molar-refractivity contribution in [3.8, 4) is 0 Å². The number of benzene rings is 1. The van der Waals surface area contributed by atoms with Gasteiger partial charge in [0.05, 0.1) is 0 Å². The van der Waals surface area contributed by atoms with Gasteiger partial charge in [0.2, 0.25) is 5.96 Å². The van der Waals surface area contributed by atoms with Gasteiger partial charge in [0.25, 0.3) is 0 Å². The predicted molar refractivity (Wildman–Crippen MR) is 84.3 cm³/mol. The fraction of sp³-hybridized carbons (Fsp3) is 0.429. The maximum atomic E-state index is 5.87. The maximum Gasteiger partial charge on any atom is 0.202 e. The SMILES string of the molecule is CC1N=C(NCCc2ccc(Cl)cc2)NC(N(C)C)=N1. The number of nitrogens with zero attached hydrogens (tertiary/aromatic N) is 3. The highest BCUT2D eigenvalue weighted by Gasteiger charge is 2.13. The predicted octanol–water partition coefficient (Wildman–Crippen LogP) is 1.69. The molecule has 1 heterocycles. The van der Waals surface area contributed by atoms with Crippen LogP contribution < -0.4 is 10.6 Å². The molecule has 0 fully saturated rings. The van der Waals surface area contributed by atoms with Crippen molar-refractivity contribution in [3.05, 3.63) is 34.9 Å². The molecule has 0 saturated carbocycles. The molecule has 5 nitrogen and oxygen atoms in total. The third-order valence-corrected chi connectivity index (χ3v) is 3.15. The first-order valence-corrected chi connectivity index (χ1v) is 7.00. The van der Waals surface area contributed by atoms with Crippen molar-refractivity contribution in [2.24, 2.45) is 9.98 Å². The van der Waals surface area contributed by atoms with Gasteiger partial charge >= 0.3 is 0 Å². The molecule has 0 radical (unpaired) electrons. The molecule has 0 saturated heterocycles. The van der Waals surface area contributed by atoms with Gasteiger partial charge in [-0.1, -0.05) is 23.7 Å². The van der Waals surface area contributed by atoms with E-state index in [0.29, 0.717) is 0 Å². The molecule has 0 bridgehead atoms. The summed E-state index contributed by atoms with van der Waals surface area (Å²) in [6.45, 7) is 2.77. The zero-order valence-electron chi connectivity index (χ0n) is 12.0. The Kier molecular flexibility index (Phi) is 4.84. The number of halogens is 1. The van der Waals surface area contributed by atoms with E-state index in [4.69, 9.17) is 11.6 Å². The van der Waals surface area contributed by atoms with Crippen LogP contribution in [0.4, 0.5) is 0 Å². The molecule has 2 rings (SSSR count). The molecule has 1 atom stereocenters. The van der Waals surface area contributed by atoms with Gasteiger partial charge in [-0.3, -0.25) is 5.32 Å². The van der Waals surface area contributed by atoms with E-state index < -0.39 is 0 Å². The van der Waals surface area contributed by atoms with Crippen molar-refractivity contribution in [2.75, 3.05) is 20.6 Å². The van der Waals surface area contributed by atoms with Crippen molar-refractivity contribution in [3.63, 3.8) is 0 Å². The van der Waals surface area contributed by atoms with Gasteiger partial charge < -0.3 is 10.2 Å². The molecule has 1 aliphatic rings. The maximum absolute atomic E-state index is 5.87. The summed E-state index contributed by atoms with van der Waals surface area (Å²) < 4.78 is 0. The Morgan fingerprint density at radius 3 is 2.60 bits per heavy atom. The third kappa shape index (κ3) is 4.13. The largest absolute Gasteiger partial charge is 0.356 e. The Morgan fingerprint density at radius 1 is 1.25 bits per heavy atom. The normalized spacial score (nSPS) is 17.9. The van der Waals surface area contributed by atoms with Crippen molar-refractivity contribution in [1.82, 2.24) is 15.5 Å². The molecule has 20 heavy (non-hydrogen) atoms. The van der Waals surface area contributed by atoms with Gasteiger partial charge in [0.1, 0.15) is 6.17 Å². The summed E-state index contributed by atoms with van der Waals surface area (Å²) in [5.41, 5.74) is 1.24. The van der Waals surface area contributed by atoms with E-state index in [1.165, 1.54) is 5.56 Å². The summed E-state index contributed by atoms with van der Waals surface area (Å²) in [6, 6.07) is 7.89. The first-order chi connectivity index (χ1) is 9.54. The monoisotopic (exact) mass is 293 g/mol. The lowest BCUT2D eigenvalue weighted by atomic mass is 10.1. The smallest absolute Gasteiger partial charge is 0.202 e. The summed E-state index contributed by atoms with van der Waals surface area (Å²) in [7, 11) is 3.91. The second-order valence-electron chi connectivity index (χ2n) is 4.88. The lowest BCUT2D eigenvalue weighted by Gasteiger charge is -2.24. The van der Waals surface area contributed by atoms with Gasteiger partial charge in [-0.15, -0.1) is 0 Å². The fourth-order valence-corrected chi connectivity index (χ4v) is 1.98. The van der Waals surface area contributed by atoms with Crippen LogP contribution >= 0.6 is 11.6 Å². The van der Waals surface area contributed by atoms with Crippen LogP contribution in [-0.2, 0) is 6.42 Å². The second-order valence-corrected chi connectivity index (χ2v) is 5.32. The number of hydrogen-bond donors (Lipinski definition) is 2. The van der Waals surface area contributed by atoms with Crippen LogP contribution in [0.25, 0.3) is 0 Å². The van der Waals surface area contributed by atoms with Gasteiger partial charge in [0.15, 0.2) is 5.96 Å². The highest BCUT2D eigenvalue weighted by molar-refractivity contribution is 6.30. The fourth-order valence-electron chi connectivity index (χ4n) is 1.86. The van der Waals surface area contributed by atoms with Crippen LogP contribution in [0.1, 0.15) is 12.5 Å². The molecular formula is C14H20ClN5. The van der Waals surface area contributed by atoms with E-state index in [2.05, 4.69) is 20.6 Å². The summed E-state index contributed by atoms with van der Waals surface area (Å²) in [5.74, 6) is 1.59. The summed E-state index contributed by atoms with van der Waals surface area (Å²) in [4.78, 5) is 10.8. The molecule has 108 valence electrons. The van der Waals surface area contributed by atoms with E-state index in [1.807, 2.05) is 50.2 Å². The van der Waals surface area contributed by atoms with E-state index >= 15 is 0 Å². The quantitative estimate of drug-likeness (QED) is 0.892. The molecule has 1 unspecified atom stereocenters. The standard InChI is InChI=1S/C14H20ClN5/c1-10-17-13(19-14(18-10)20(2)3)16-9-8-11-4-6-12(15)7-5-11/h4-7,10H,8-9H2,1-3H3,(H2,16,17,18,19). The highest BCUT2D eigenvalue weighted by atomic mass is 35.5. The zero-order chi connectivity index (χ0) is 14.5. The minimum absolute atomic E-state index is 0.0633. The van der Waals surface area contributed by atoms with Gasteiger partial charge in [0, 0.05) is 25.7 Å². The topological polar surface area (TPSA) is 52.0 Å². The van der Waals surface area contributed by atoms with Crippen LogP contribution in [0.3, 0.4) is 0 Å². The molecule has 1 aromatic rings. The van der Waals surface area contributed by atoms with Gasteiger partial charge in [-0.2, -0.15) is 0 Å². The first-order valence-electron chi connectivity index (χ1n) is 6.63. The number of rotatable bonds is 3. The van der Waals surface area contributed by atoms with Crippen LogP contribution in [0, 0.1) is 0 Å². The molecule has 0 aromatic heterocycles. The number of guanidine groups is 2. The van der Waals surface area contributed by atoms with Gasteiger partial charge in [-0.25, -0.2) is 9.98 Å². The van der Waals surface area contributed by atoms with Crippen molar-refractivity contribution in [2.45, 2.75) is 19.5 Å². The van der Waals surface area contributed by atoms with Crippen molar-refractivity contribution < 1.29 is 0 Å². The Bertz CT molecular complexity index is 507. The highest BCUT2D eigenvalue weighted by Crippen LogP contribution is 2.09. The molecule has 1 aliphatic heterocycles. The Balaban J connectivity index is 1.84. The molecule has 0 amide bonds. The molecule has 0 spiro atoms. The summed E-state index contributed by atoms with van der Waals surface area (Å²) in [5, 5.41) is 7.24. The first kappa shape index (κ1) is 14.7. The minimum Gasteiger partial charge on any atom is -0.356 e. The third-order valence-electron chi connectivity index (χ3n) is 2.90. The van der Waals surface area contributed by atoms with E-state index in [1.54, 1.807) is 0 Å². The van der Waals surface area contributed by atoms with Crippen LogP contribution in [0.5, 0.6) is 0 Å². The van der Waals surface area contributed by atoms with Crippen molar-refractivity contribution in [1.29, 1.82) is 0 Å².